The average molecular weight is 429 g/mol. The van der Waals surface area contributed by atoms with Crippen LogP contribution in [0.4, 0.5) is 5.69 Å². The molecule has 0 aliphatic rings. The Balaban J connectivity index is 2.26. The molecule has 0 radical (unpaired) electrons. The molecule has 2 rings (SSSR count). The van der Waals surface area contributed by atoms with E-state index in [0.717, 1.165) is 16.5 Å². The SMILES string of the molecule is CCCOc1c(CNc2ccc(Cl)c(C(=O)O)c2)cc(Br)cc1OC. The van der Waals surface area contributed by atoms with Crippen molar-refractivity contribution in [3.63, 3.8) is 0 Å². The standard InChI is InChI=1S/C18H19BrClNO4/c1-3-6-25-17-11(7-12(19)8-16(17)24-2)10-21-13-4-5-15(20)14(9-13)18(22)23/h4-5,7-9,21H,3,6,10H2,1-2H3,(H,22,23). The highest BCUT2D eigenvalue weighted by Gasteiger charge is 2.14. The van der Waals surface area contributed by atoms with Gasteiger partial charge >= 0.3 is 5.97 Å². The Labute approximate surface area is 160 Å². The number of halogens is 2. The zero-order chi connectivity index (χ0) is 18.4. The van der Waals surface area contributed by atoms with Crippen LogP contribution in [0.3, 0.4) is 0 Å². The topological polar surface area (TPSA) is 67.8 Å². The monoisotopic (exact) mass is 427 g/mol. The molecule has 0 atom stereocenters. The number of carboxylic acids is 1. The summed E-state index contributed by atoms with van der Waals surface area (Å²) in [4.78, 5) is 11.2. The van der Waals surface area contributed by atoms with E-state index in [4.69, 9.17) is 26.2 Å². The highest BCUT2D eigenvalue weighted by Crippen LogP contribution is 2.35. The summed E-state index contributed by atoms with van der Waals surface area (Å²) in [5.74, 6) is 0.249. The molecule has 134 valence electrons. The van der Waals surface area contributed by atoms with Crippen molar-refractivity contribution in [1.29, 1.82) is 0 Å². The summed E-state index contributed by atoms with van der Waals surface area (Å²) in [5.41, 5.74) is 1.61. The fourth-order valence-corrected chi connectivity index (χ4v) is 2.95. The summed E-state index contributed by atoms with van der Waals surface area (Å²) in [7, 11) is 1.59. The lowest BCUT2D eigenvalue weighted by atomic mass is 10.1. The molecule has 0 bridgehead atoms. The molecule has 0 saturated heterocycles. The van der Waals surface area contributed by atoms with Crippen LogP contribution in [-0.4, -0.2) is 24.8 Å². The maximum Gasteiger partial charge on any atom is 0.337 e. The van der Waals surface area contributed by atoms with Crippen molar-refractivity contribution in [2.75, 3.05) is 19.0 Å². The lowest BCUT2D eigenvalue weighted by Gasteiger charge is -2.16. The summed E-state index contributed by atoms with van der Waals surface area (Å²) >= 11 is 9.36. The first-order valence-corrected chi connectivity index (χ1v) is 8.89. The molecule has 0 fully saturated rings. The summed E-state index contributed by atoms with van der Waals surface area (Å²) in [6.07, 6.45) is 0.880. The molecule has 2 aromatic rings. The van der Waals surface area contributed by atoms with E-state index >= 15 is 0 Å². The number of methoxy groups -OCH3 is 1. The Bertz CT molecular complexity index is 767. The Morgan fingerprint density at radius 1 is 1.32 bits per heavy atom. The first-order valence-electron chi connectivity index (χ1n) is 7.72. The lowest BCUT2D eigenvalue weighted by Crippen LogP contribution is -2.07. The van der Waals surface area contributed by atoms with Crippen LogP contribution >= 0.6 is 27.5 Å². The Morgan fingerprint density at radius 2 is 2.08 bits per heavy atom. The number of benzene rings is 2. The molecule has 5 nitrogen and oxygen atoms in total. The minimum atomic E-state index is -1.07. The Kier molecular flexibility index (Phi) is 6.96. The molecule has 0 aromatic heterocycles. The van der Waals surface area contributed by atoms with Gasteiger partial charge in [0, 0.05) is 22.3 Å². The molecule has 2 aromatic carbocycles. The van der Waals surface area contributed by atoms with Crippen LogP contribution in [0.25, 0.3) is 0 Å². The lowest BCUT2D eigenvalue weighted by molar-refractivity contribution is 0.0697. The van der Waals surface area contributed by atoms with Gasteiger partial charge in [0.15, 0.2) is 11.5 Å². The van der Waals surface area contributed by atoms with Crippen LogP contribution in [0.1, 0.15) is 29.3 Å². The minimum absolute atomic E-state index is 0.0564. The first-order chi connectivity index (χ1) is 12.0. The third kappa shape index (κ3) is 5.03. The highest BCUT2D eigenvalue weighted by molar-refractivity contribution is 9.10. The molecule has 0 aliphatic heterocycles. The third-order valence-electron chi connectivity index (χ3n) is 3.45. The van der Waals surface area contributed by atoms with Gasteiger partial charge in [0.2, 0.25) is 0 Å². The van der Waals surface area contributed by atoms with Crippen LogP contribution in [0.5, 0.6) is 11.5 Å². The molecule has 7 heteroatoms. The summed E-state index contributed by atoms with van der Waals surface area (Å²) in [6, 6.07) is 8.58. The van der Waals surface area contributed by atoms with E-state index in [-0.39, 0.29) is 10.6 Å². The largest absolute Gasteiger partial charge is 0.493 e. The van der Waals surface area contributed by atoms with E-state index in [1.165, 1.54) is 6.07 Å². The molecule has 0 aliphatic carbocycles. The van der Waals surface area contributed by atoms with Crippen LogP contribution in [-0.2, 0) is 6.54 Å². The fourth-order valence-electron chi connectivity index (χ4n) is 2.27. The minimum Gasteiger partial charge on any atom is -0.493 e. The number of carboxylic acid groups (broad SMARTS) is 1. The molecular formula is C18H19BrClNO4. The number of aromatic carboxylic acids is 1. The van der Waals surface area contributed by atoms with Crippen LogP contribution in [0, 0.1) is 0 Å². The fraction of sp³-hybridized carbons (Fsp3) is 0.278. The van der Waals surface area contributed by atoms with E-state index in [0.29, 0.717) is 30.3 Å². The highest BCUT2D eigenvalue weighted by atomic mass is 79.9. The van der Waals surface area contributed by atoms with Gasteiger partial charge in [0.1, 0.15) is 0 Å². The van der Waals surface area contributed by atoms with Crippen molar-refractivity contribution < 1.29 is 19.4 Å². The third-order valence-corrected chi connectivity index (χ3v) is 4.23. The maximum absolute atomic E-state index is 11.2. The summed E-state index contributed by atoms with van der Waals surface area (Å²) in [5, 5.41) is 12.6. The molecule has 0 unspecified atom stereocenters. The number of ether oxygens (including phenoxy) is 2. The molecule has 0 heterocycles. The van der Waals surface area contributed by atoms with Crippen molar-refractivity contribution in [3.05, 3.63) is 51.0 Å². The summed E-state index contributed by atoms with van der Waals surface area (Å²) in [6.45, 7) is 3.05. The zero-order valence-electron chi connectivity index (χ0n) is 13.9. The van der Waals surface area contributed by atoms with Crippen molar-refractivity contribution in [1.82, 2.24) is 0 Å². The molecule has 2 N–H and O–H groups in total. The average Bonchev–Trinajstić information content (AvgIpc) is 2.59. The van der Waals surface area contributed by atoms with Crippen LogP contribution < -0.4 is 14.8 Å². The van der Waals surface area contributed by atoms with E-state index in [2.05, 4.69) is 21.2 Å². The van der Waals surface area contributed by atoms with Crippen LogP contribution in [0.15, 0.2) is 34.8 Å². The number of nitrogens with one attached hydrogen (secondary N) is 1. The second-order valence-corrected chi connectivity index (χ2v) is 6.62. The molecule has 0 saturated carbocycles. The van der Waals surface area contributed by atoms with Gasteiger partial charge in [0.05, 0.1) is 24.3 Å². The van der Waals surface area contributed by atoms with Gasteiger partial charge in [0.25, 0.3) is 0 Å². The van der Waals surface area contributed by atoms with E-state index in [9.17, 15) is 4.79 Å². The molecule has 0 amide bonds. The van der Waals surface area contributed by atoms with Gasteiger partial charge < -0.3 is 19.9 Å². The van der Waals surface area contributed by atoms with E-state index < -0.39 is 5.97 Å². The van der Waals surface area contributed by atoms with Gasteiger partial charge in [-0.3, -0.25) is 0 Å². The van der Waals surface area contributed by atoms with Crippen molar-refractivity contribution in [3.8, 4) is 11.5 Å². The normalized spacial score (nSPS) is 10.4. The van der Waals surface area contributed by atoms with Crippen molar-refractivity contribution in [2.24, 2.45) is 0 Å². The van der Waals surface area contributed by atoms with Gasteiger partial charge in [-0.05, 0) is 36.8 Å². The van der Waals surface area contributed by atoms with Gasteiger partial charge in [-0.2, -0.15) is 0 Å². The second-order valence-electron chi connectivity index (χ2n) is 5.30. The number of hydrogen-bond acceptors (Lipinski definition) is 4. The number of rotatable bonds is 8. The number of anilines is 1. The first kappa shape index (κ1) is 19.4. The Morgan fingerprint density at radius 3 is 2.72 bits per heavy atom. The molecular weight excluding hydrogens is 410 g/mol. The second kappa shape index (κ2) is 8.97. The predicted molar refractivity (Wildman–Crippen MR) is 102 cm³/mol. The van der Waals surface area contributed by atoms with Gasteiger partial charge in [-0.1, -0.05) is 34.5 Å². The predicted octanol–water partition coefficient (Wildman–Crippen LogP) is 5.21. The summed E-state index contributed by atoms with van der Waals surface area (Å²) < 4.78 is 12.1. The Hall–Kier alpha value is -1.92. The smallest absolute Gasteiger partial charge is 0.337 e. The zero-order valence-corrected chi connectivity index (χ0v) is 16.3. The van der Waals surface area contributed by atoms with Crippen molar-refractivity contribution in [2.45, 2.75) is 19.9 Å². The van der Waals surface area contributed by atoms with Gasteiger partial charge in [-0.15, -0.1) is 0 Å². The molecule has 25 heavy (non-hydrogen) atoms. The quantitative estimate of drug-likeness (QED) is 0.604. The number of carbonyl (C=O) groups is 1. The van der Waals surface area contributed by atoms with Gasteiger partial charge in [-0.25, -0.2) is 4.79 Å². The van der Waals surface area contributed by atoms with E-state index in [1.54, 1.807) is 19.2 Å². The number of hydrogen-bond donors (Lipinski definition) is 2. The van der Waals surface area contributed by atoms with E-state index in [1.807, 2.05) is 19.1 Å². The molecule has 0 spiro atoms. The van der Waals surface area contributed by atoms with Crippen LogP contribution in [0.2, 0.25) is 5.02 Å². The van der Waals surface area contributed by atoms with Crippen molar-refractivity contribution >= 4 is 39.2 Å². The maximum atomic E-state index is 11.2.